The maximum atomic E-state index is 9.00. The first kappa shape index (κ1) is 13.1. The molecule has 0 amide bonds. The molecule has 5 nitrogen and oxygen atoms in total. The van der Waals surface area contributed by atoms with Gasteiger partial charge in [-0.3, -0.25) is 0 Å². The van der Waals surface area contributed by atoms with Crippen LogP contribution in [-0.4, -0.2) is 14.4 Å². The number of rotatable bonds is 3. The molecule has 21 heavy (non-hydrogen) atoms. The van der Waals surface area contributed by atoms with Crippen LogP contribution in [0.25, 0.3) is 5.65 Å². The summed E-state index contributed by atoms with van der Waals surface area (Å²) in [6, 6.07) is 11.9. The highest BCUT2D eigenvalue weighted by molar-refractivity contribution is 5.44. The first-order valence-corrected chi connectivity index (χ1v) is 6.72. The first-order valence-electron chi connectivity index (χ1n) is 6.72. The van der Waals surface area contributed by atoms with Gasteiger partial charge in [-0.05, 0) is 37.6 Å². The highest BCUT2D eigenvalue weighted by atomic mass is 15.0. The van der Waals surface area contributed by atoms with Crippen molar-refractivity contribution in [3.63, 3.8) is 0 Å². The number of pyridine rings is 2. The van der Waals surface area contributed by atoms with Gasteiger partial charge in [0.25, 0.3) is 0 Å². The van der Waals surface area contributed by atoms with Crippen LogP contribution >= 0.6 is 0 Å². The Bertz CT molecular complexity index is 841. The number of anilines is 1. The monoisotopic (exact) mass is 277 g/mol. The van der Waals surface area contributed by atoms with Crippen LogP contribution in [0.15, 0.2) is 36.5 Å². The Morgan fingerprint density at radius 1 is 1.19 bits per heavy atom. The largest absolute Gasteiger partial charge is 0.364 e. The van der Waals surface area contributed by atoms with Crippen LogP contribution in [0.4, 0.5) is 5.82 Å². The van der Waals surface area contributed by atoms with Crippen molar-refractivity contribution in [2.24, 2.45) is 0 Å². The van der Waals surface area contributed by atoms with E-state index in [1.54, 1.807) is 0 Å². The van der Waals surface area contributed by atoms with Gasteiger partial charge < -0.3 is 9.72 Å². The number of nitriles is 1. The minimum atomic E-state index is 0.450. The third-order valence-electron chi connectivity index (χ3n) is 3.40. The molecule has 3 aromatic rings. The summed E-state index contributed by atoms with van der Waals surface area (Å²) in [5, 5.41) is 12.2. The number of aromatic nitrogens is 3. The fraction of sp³-hybridized carbons (Fsp3) is 0.188. The van der Waals surface area contributed by atoms with Crippen LogP contribution in [0.5, 0.6) is 0 Å². The molecule has 0 aliphatic heterocycles. The van der Waals surface area contributed by atoms with Gasteiger partial charge in [0, 0.05) is 11.9 Å². The minimum absolute atomic E-state index is 0.450. The van der Waals surface area contributed by atoms with Crippen LogP contribution in [0.1, 0.15) is 22.6 Å². The number of imidazole rings is 1. The van der Waals surface area contributed by atoms with E-state index in [-0.39, 0.29) is 0 Å². The summed E-state index contributed by atoms with van der Waals surface area (Å²) in [5.74, 6) is 0.686. The van der Waals surface area contributed by atoms with Crippen molar-refractivity contribution in [1.29, 1.82) is 5.26 Å². The van der Waals surface area contributed by atoms with E-state index in [4.69, 9.17) is 5.26 Å². The van der Waals surface area contributed by atoms with Gasteiger partial charge in [-0.2, -0.15) is 5.26 Å². The zero-order valence-electron chi connectivity index (χ0n) is 12.0. The maximum absolute atomic E-state index is 9.00. The molecule has 0 fully saturated rings. The number of fused-ring (bicyclic) bond motifs is 1. The minimum Gasteiger partial charge on any atom is -0.364 e. The molecule has 0 saturated carbocycles. The van der Waals surface area contributed by atoms with E-state index in [2.05, 4.69) is 25.8 Å². The Balaban J connectivity index is 1.80. The standard InChI is InChI=1S/C16H15N5/c1-11-6-7-15(20-14(11)8-17)18-9-13-10-21-12(2)4-3-5-16(21)19-13/h3-7,10H,9H2,1-2H3,(H,18,20). The summed E-state index contributed by atoms with van der Waals surface area (Å²) < 4.78 is 2.06. The van der Waals surface area contributed by atoms with Crippen molar-refractivity contribution in [3.8, 4) is 6.07 Å². The lowest BCUT2D eigenvalue weighted by molar-refractivity contribution is 1.04. The molecule has 104 valence electrons. The van der Waals surface area contributed by atoms with Gasteiger partial charge in [-0.15, -0.1) is 0 Å². The zero-order chi connectivity index (χ0) is 14.8. The summed E-state index contributed by atoms with van der Waals surface area (Å²) in [5.41, 5.74) is 4.34. The van der Waals surface area contributed by atoms with Crippen LogP contribution in [-0.2, 0) is 6.54 Å². The highest BCUT2D eigenvalue weighted by Crippen LogP contribution is 2.12. The average Bonchev–Trinajstić information content (AvgIpc) is 2.91. The van der Waals surface area contributed by atoms with E-state index in [9.17, 15) is 0 Å². The highest BCUT2D eigenvalue weighted by Gasteiger charge is 2.05. The van der Waals surface area contributed by atoms with Crippen molar-refractivity contribution >= 4 is 11.5 Å². The van der Waals surface area contributed by atoms with Gasteiger partial charge in [0.1, 0.15) is 23.2 Å². The molecular weight excluding hydrogens is 262 g/mol. The summed E-state index contributed by atoms with van der Waals surface area (Å²) in [4.78, 5) is 8.83. The molecule has 0 atom stereocenters. The summed E-state index contributed by atoms with van der Waals surface area (Å²) >= 11 is 0. The predicted octanol–water partition coefficient (Wildman–Crippen LogP) is 2.83. The van der Waals surface area contributed by atoms with Gasteiger partial charge in [0.15, 0.2) is 0 Å². The van der Waals surface area contributed by atoms with Gasteiger partial charge >= 0.3 is 0 Å². The summed E-state index contributed by atoms with van der Waals surface area (Å²) in [6.07, 6.45) is 2.01. The molecule has 0 aromatic carbocycles. The third-order valence-corrected chi connectivity index (χ3v) is 3.40. The molecule has 0 bridgehead atoms. The van der Waals surface area contributed by atoms with Gasteiger partial charge in [-0.1, -0.05) is 12.1 Å². The van der Waals surface area contributed by atoms with Crippen LogP contribution in [0.2, 0.25) is 0 Å². The molecule has 3 aromatic heterocycles. The predicted molar refractivity (Wildman–Crippen MR) is 80.9 cm³/mol. The van der Waals surface area contributed by atoms with E-state index in [1.807, 2.05) is 50.4 Å². The van der Waals surface area contributed by atoms with Crippen molar-refractivity contribution in [2.75, 3.05) is 5.32 Å². The van der Waals surface area contributed by atoms with E-state index < -0.39 is 0 Å². The maximum Gasteiger partial charge on any atom is 0.145 e. The SMILES string of the molecule is Cc1ccc(NCc2cn3c(C)cccc3n2)nc1C#N. The van der Waals surface area contributed by atoms with Crippen LogP contribution in [0.3, 0.4) is 0 Å². The number of nitrogens with one attached hydrogen (secondary N) is 1. The number of aryl methyl sites for hydroxylation is 2. The Morgan fingerprint density at radius 3 is 2.81 bits per heavy atom. The van der Waals surface area contributed by atoms with Crippen LogP contribution < -0.4 is 5.32 Å². The lowest BCUT2D eigenvalue weighted by Gasteiger charge is -2.04. The summed E-state index contributed by atoms with van der Waals surface area (Å²) in [7, 11) is 0. The van der Waals surface area contributed by atoms with Crippen LogP contribution in [0, 0.1) is 25.2 Å². The Labute approximate surface area is 122 Å². The molecule has 0 unspecified atom stereocenters. The van der Waals surface area contributed by atoms with E-state index in [0.29, 0.717) is 18.1 Å². The summed E-state index contributed by atoms with van der Waals surface area (Å²) in [6.45, 7) is 4.49. The Morgan fingerprint density at radius 2 is 2.05 bits per heavy atom. The van der Waals surface area contributed by atoms with Crippen molar-refractivity contribution in [3.05, 3.63) is 59.2 Å². The number of hydrogen-bond donors (Lipinski definition) is 1. The molecule has 0 aliphatic rings. The normalized spacial score (nSPS) is 10.5. The molecule has 0 spiro atoms. The number of hydrogen-bond acceptors (Lipinski definition) is 4. The molecule has 3 rings (SSSR count). The van der Waals surface area contributed by atoms with Crippen molar-refractivity contribution in [2.45, 2.75) is 20.4 Å². The molecule has 3 heterocycles. The second-order valence-electron chi connectivity index (χ2n) is 4.95. The third kappa shape index (κ3) is 2.56. The van der Waals surface area contributed by atoms with Crippen molar-refractivity contribution < 1.29 is 0 Å². The molecule has 5 heteroatoms. The molecule has 0 radical (unpaired) electrons. The van der Waals surface area contributed by atoms with Gasteiger partial charge in [0.05, 0.1) is 12.2 Å². The fourth-order valence-corrected chi connectivity index (χ4v) is 2.21. The molecular formula is C16H15N5. The van der Waals surface area contributed by atoms with Gasteiger partial charge in [-0.25, -0.2) is 9.97 Å². The van der Waals surface area contributed by atoms with Crippen molar-refractivity contribution in [1.82, 2.24) is 14.4 Å². The molecule has 0 saturated heterocycles. The second kappa shape index (κ2) is 5.25. The average molecular weight is 277 g/mol. The lowest BCUT2D eigenvalue weighted by Crippen LogP contribution is -2.03. The Hall–Kier alpha value is -2.87. The van der Waals surface area contributed by atoms with E-state index in [1.165, 1.54) is 0 Å². The van der Waals surface area contributed by atoms with E-state index in [0.717, 1.165) is 22.6 Å². The van der Waals surface area contributed by atoms with E-state index >= 15 is 0 Å². The Kier molecular flexibility index (Phi) is 3.28. The van der Waals surface area contributed by atoms with Gasteiger partial charge in [0.2, 0.25) is 0 Å². The first-order chi connectivity index (χ1) is 10.2. The molecule has 0 aliphatic carbocycles. The quantitative estimate of drug-likeness (QED) is 0.799. The second-order valence-corrected chi connectivity index (χ2v) is 4.95. The molecule has 1 N–H and O–H groups in total. The lowest BCUT2D eigenvalue weighted by atomic mass is 10.2. The smallest absolute Gasteiger partial charge is 0.145 e. The zero-order valence-corrected chi connectivity index (χ0v) is 12.0. The number of nitrogens with zero attached hydrogens (tertiary/aromatic N) is 4. The topological polar surface area (TPSA) is 66.0 Å². The fourth-order valence-electron chi connectivity index (χ4n) is 2.21.